The fraction of sp³-hybridized carbons (Fsp3) is 0.500. The summed E-state index contributed by atoms with van der Waals surface area (Å²) in [6, 6.07) is 9.96. The van der Waals surface area contributed by atoms with Crippen molar-refractivity contribution in [3.05, 3.63) is 41.9 Å². The number of nitrogens with one attached hydrogen (secondary N) is 1. The third kappa shape index (κ3) is 5.59. The van der Waals surface area contributed by atoms with Crippen LogP contribution in [0, 0.1) is 6.92 Å². The summed E-state index contributed by atoms with van der Waals surface area (Å²) in [6.07, 6.45) is 3.24. The van der Waals surface area contributed by atoms with Gasteiger partial charge in [0, 0.05) is 44.5 Å². The molecule has 2 heterocycles. The molecule has 0 bridgehead atoms. The second-order valence-corrected chi connectivity index (χ2v) is 7.29. The summed E-state index contributed by atoms with van der Waals surface area (Å²) in [5.74, 6) is 2.19. The van der Waals surface area contributed by atoms with Gasteiger partial charge in [-0.3, -0.25) is 4.79 Å². The SMILES string of the molecule is CCCCCNC(=O)c1cc(N2CCN(c3ccc(OC)cc3)CC2)nc(C)n1. The minimum Gasteiger partial charge on any atom is -0.497 e. The summed E-state index contributed by atoms with van der Waals surface area (Å²) in [5, 5.41) is 2.96. The smallest absolute Gasteiger partial charge is 0.270 e. The number of rotatable bonds is 8. The zero-order valence-electron chi connectivity index (χ0n) is 17.6. The highest BCUT2D eigenvalue weighted by Gasteiger charge is 2.20. The van der Waals surface area contributed by atoms with Gasteiger partial charge < -0.3 is 19.9 Å². The van der Waals surface area contributed by atoms with Crippen LogP contribution in [0.2, 0.25) is 0 Å². The van der Waals surface area contributed by atoms with Crippen LogP contribution in [-0.4, -0.2) is 55.7 Å². The van der Waals surface area contributed by atoms with Gasteiger partial charge in [-0.15, -0.1) is 0 Å². The van der Waals surface area contributed by atoms with Crippen LogP contribution in [0.4, 0.5) is 11.5 Å². The Bertz CT molecular complexity index is 801. The predicted octanol–water partition coefficient (Wildman–Crippen LogP) is 3.04. The third-order valence-electron chi connectivity index (χ3n) is 5.16. The van der Waals surface area contributed by atoms with Gasteiger partial charge in [0.25, 0.3) is 5.91 Å². The summed E-state index contributed by atoms with van der Waals surface area (Å²) < 4.78 is 5.24. The summed E-state index contributed by atoms with van der Waals surface area (Å²) in [6.45, 7) is 8.16. The van der Waals surface area contributed by atoms with Gasteiger partial charge in [-0.25, -0.2) is 9.97 Å². The Morgan fingerprint density at radius 1 is 1.07 bits per heavy atom. The molecule has 1 saturated heterocycles. The molecule has 2 aromatic rings. The molecule has 1 amide bonds. The van der Waals surface area contributed by atoms with E-state index in [-0.39, 0.29) is 5.91 Å². The Morgan fingerprint density at radius 2 is 1.76 bits per heavy atom. The number of nitrogens with zero attached hydrogens (tertiary/aromatic N) is 4. The maximum Gasteiger partial charge on any atom is 0.270 e. The van der Waals surface area contributed by atoms with Crippen molar-refractivity contribution in [3.8, 4) is 5.75 Å². The molecule has 29 heavy (non-hydrogen) atoms. The molecule has 7 nitrogen and oxygen atoms in total. The van der Waals surface area contributed by atoms with Crippen molar-refractivity contribution >= 4 is 17.4 Å². The molecule has 7 heteroatoms. The molecule has 0 radical (unpaired) electrons. The molecule has 1 fully saturated rings. The Morgan fingerprint density at radius 3 is 2.41 bits per heavy atom. The summed E-state index contributed by atoms with van der Waals surface area (Å²) in [4.78, 5) is 25.9. The molecule has 0 spiro atoms. The lowest BCUT2D eigenvalue weighted by Crippen LogP contribution is -2.47. The van der Waals surface area contributed by atoms with Crippen LogP contribution in [0.3, 0.4) is 0 Å². The van der Waals surface area contributed by atoms with E-state index < -0.39 is 0 Å². The molecular formula is C22H31N5O2. The van der Waals surface area contributed by atoms with Crippen LogP contribution in [0.25, 0.3) is 0 Å². The van der Waals surface area contributed by atoms with Crippen LogP contribution < -0.4 is 19.9 Å². The first-order valence-electron chi connectivity index (χ1n) is 10.4. The van der Waals surface area contributed by atoms with E-state index in [4.69, 9.17) is 4.74 Å². The zero-order chi connectivity index (χ0) is 20.6. The number of amides is 1. The Kier molecular flexibility index (Phi) is 7.27. The maximum absolute atomic E-state index is 12.4. The molecule has 0 saturated carbocycles. The highest BCUT2D eigenvalue weighted by atomic mass is 16.5. The van der Waals surface area contributed by atoms with E-state index in [1.165, 1.54) is 5.69 Å². The lowest BCUT2D eigenvalue weighted by Gasteiger charge is -2.36. The molecule has 1 aliphatic rings. The highest BCUT2D eigenvalue weighted by Crippen LogP contribution is 2.22. The molecule has 0 atom stereocenters. The average molecular weight is 398 g/mol. The van der Waals surface area contributed by atoms with Crippen molar-refractivity contribution in [3.63, 3.8) is 0 Å². The van der Waals surface area contributed by atoms with Crippen molar-refractivity contribution in [2.24, 2.45) is 0 Å². The number of hydrogen-bond donors (Lipinski definition) is 1. The molecular weight excluding hydrogens is 366 g/mol. The number of anilines is 2. The lowest BCUT2D eigenvalue weighted by atomic mass is 10.2. The lowest BCUT2D eigenvalue weighted by molar-refractivity contribution is 0.0947. The normalized spacial score (nSPS) is 14.0. The minimum absolute atomic E-state index is 0.121. The second-order valence-electron chi connectivity index (χ2n) is 7.29. The Labute approximate surface area is 173 Å². The van der Waals surface area contributed by atoms with Crippen LogP contribution in [0.15, 0.2) is 30.3 Å². The Hall–Kier alpha value is -2.83. The van der Waals surface area contributed by atoms with E-state index >= 15 is 0 Å². The number of ether oxygens (including phenoxy) is 1. The summed E-state index contributed by atoms with van der Waals surface area (Å²) >= 11 is 0. The van der Waals surface area contributed by atoms with Crippen molar-refractivity contribution in [2.75, 3.05) is 49.6 Å². The van der Waals surface area contributed by atoms with Crippen LogP contribution in [0.5, 0.6) is 5.75 Å². The molecule has 1 aliphatic heterocycles. The van der Waals surface area contributed by atoms with E-state index in [0.29, 0.717) is 18.1 Å². The summed E-state index contributed by atoms with van der Waals surface area (Å²) in [7, 11) is 1.68. The number of benzene rings is 1. The summed E-state index contributed by atoms with van der Waals surface area (Å²) in [5.41, 5.74) is 1.64. The number of hydrogen-bond acceptors (Lipinski definition) is 6. The van der Waals surface area contributed by atoms with Gasteiger partial charge in [0.2, 0.25) is 0 Å². The van der Waals surface area contributed by atoms with Crippen molar-refractivity contribution in [1.29, 1.82) is 0 Å². The van der Waals surface area contributed by atoms with Gasteiger partial charge in [0.1, 0.15) is 23.1 Å². The number of aromatic nitrogens is 2. The van der Waals surface area contributed by atoms with Crippen molar-refractivity contribution in [1.82, 2.24) is 15.3 Å². The van der Waals surface area contributed by atoms with Crippen LogP contribution >= 0.6 is 0 Å². The fourth-order valence-corrected chi connectivity index (χ4v) is 3.48. The third-order valence-corrected chi connectivity index (χ3v) is 5.16. The van der Waals surface area contributed by atoms with Gasteiger partial charge in [0.05, 0.1) is 7.11 Å². The maximum atomic E-state index is 12.4. The quantitative estimate of drug-likeness (QED) is 0.691. The first-order chi connectivity index (χ1) is 14.1. The van der Waals surface area contributed by atoms with Crippen LogP contribution in [0.1, 0.15) is 42.5 Å². The van der Waals surface area contributed by atoms with E-state index in [9.17, 15) is 4.79 Å². The minimum atomic E-state index is -0.121. The number of carbonyl (C=O) groups excluding carboxylic acids is 1. The Balaban J connectivity index is 1.61. The van der Waals surface area contributed by atoms with E-state index in [1.54, 1.807) is 7.11 Å². The first kappa shape index (κ1) is 20.9. The molecule has 1 N–H and O–H groups in total. The standard InChI is InChI=1S/C22H31N5O2/c1-4-5-6-11-23-22(28)20-16-21(25-17(2)24-20)27-14-12-26(13-15-27)18-7-9-19(29-3)10-8-18/h7-10,16H,4-6,11-15H2,1-3H3,(H,23,28). The number of carbonyl (C=O) groups is 1. The molecule has 156 valence electrons. The number of aryl methyl sites for hydroxylation is 1. The number of piperazine rings is 1. The molecule has 1 aromatic carbocycles. The second kappa shape index (κ2) is 10.1. The van der Waals surface area contributed by atoms with Gasteiger partial charge in [-0.2, -0.15) is 0 Å². The van der Waals surface area contributed by atoms with E-state index in [0.717, 1.165) is 57.0 Å². The first-order valence-corrected chi connectivity index (χ1v) is 10.4. The zero-order valence-corrected chi connectivity index (χ0v) is 17.6. The van der Waals surface area contributed by atoms with E-state index in [2.05, 4.69) is 44.1 Å². The molecule has 0 aliphatic carbocycles. The van der Waals surface area contributed by atoms with Gasteiger partial charge in [-0.05, 0) is 37.6 Å². The van der Waals surface area contributed by atoms with Gasteiger partial charge in [-0.1, -0.05) is 19.8 Å². The van der Waals surface area contributed by atoms with E-state index in [1.807, 2.05) is 25.1 Å². The van der Waals surface area contributed by atoms with Gasteiger partial charge >= 0.3 is 0 Å². The largest absolute Gasteiger partial charge is 0.497 e. The average Bonchev–Trinajstić information content (AvgIpc) is 2.76. The number of methoxy groups -OCH3 is 1. The number of unbranched alkanes of at least 4 members (excludes halogenated alkanes) is 2. The van der Waals surface area contributed by atoms with Gasteiger partial charge in [0.15, 0.2) is 0 Å². The molecule has 1 aromatic heterocycles. The van der Waals surface area contributed by atoms with Crippen molar-refractivity contribution < 1.29 is 9.53 Å². The monoisotopic (exact) mass is 397 g/mol. The molecule has 3 rings (SSSR count). The highest BCUT2D eigenvalue weighted by molar-refractivity contribution is 5.92. The molecule has 0 unspecified atom stereocenters. The van der Waals surface area contributed by atoms with Crippen LogP contribution in [-0.2, 0) is 0 Å². The topological polar surface area (TPSA) is 70.6 Å². The van der Waals surface area contributed by atoms with Crippen molar-refractivity contribution in [2.45, 2.75) is 33.1 Å². The predicted molar refractivity (Wildman–Crippen MR) is 116 cm³/mol. The fourth-order valence-electron chi connectivity index (χ4n) is 3.48.